The molecule has 0 unspecified atom stereocenters. The number of nitrogens with one attached hydrogen (secondary N) is 1. The number of hydrogen-bond acceptors (Lipinski definition) is 5. The van der Waals surface area contributed by atoms with Crippen LogP contribution < -0.4 is 14.8 Å². The minimum atomic E-state index is -0.283. The number of imide groups is 1. The van der Waals surface area contributed by atoms with E-state index in [1.165, 1.54) is 19.1 Å². The number of ether oxygens (including phenoxy) is 2. The standard InChI is InChI=1S/C19H22N2O5/c1-25-13-9-12(10-14(11-13)26-2)20-17(22)7-8-21-18(23)15-5-3-4-6-16(15)19(21)24/h3-4,9-11,15-16H,5-8H2,1-2H3,(H,20,22)/t15-,16-/m1/s1. The molecule has 26 heavy (non-hydrogen) atoms. The van der Waals surface area contributed by atoms with Crippen LogP contribution in [0.4, 0.5) is 5.69 Å². The van der Waals surface area contributed by atoms with Crippen LogP contribution in [0.15, 0.2) is 30.4 Å². The van der Waals surface area contributed by atoms with Crippen molar-refractivity contribution in [1.29, 1.82) is 0 Å². The van der Waals surface area contributed by atoms with Gasteiger partial charge in [0.2, 0.25) is 17.7 Å². The lowest BCUT2D eigenvalue weighted by Crippen LogP contribution is -2.34. The number of methoxy groups -OCH3 is 2. The molecule has 0 spiro atoms. The van der Waals surface area contributed by atoms with E-state index >= 15 is 0 Å². The van der Waals surface area contributed by atoms with Gasteiger partial charge in [0.05, 0.1) is 26.1 Å². The molecule has 3 amide bonds. The average molecular weight is 358 g/mol. The first kappa shape index (κ1) is 18.0. The fraction of sp³-hybridized carbons (Fsp3) is 0.421. The number of hydrogen-bond donors (Lipinski definition) is 1. The highest BCUT2D eigenvalue weighted by molar-refractivity contribution is 6.05. The van der Waals surface area contributed by atoms with Crippen molar-refractivity contribution in [2.45, 2.75) is 19.3 Å². The molecule has 1 saturated heterocycles. The summed E-state index contributed by atoms with van der Waals surface area (Å²) in [7, 11) is 3.05. The number of benzene rings is 1. The van der Waals surface area contributed by atoms with Crippen molar-refractivity contribution in [2.75, 3.05) is 26.1 Å². The van der Waals surface area contributed by atoms with Crippen molar-refractivity contribution in [2.24, 2.45) is 11.8 Å². The Balaban J connectivity index is 1.59. The maximum Gasteiger partial charge on any atom is 0.233 e. The first-order chi connectivity index (χ1) is 12.5. The zero-order valence-electron chi connectivity index (χ0n) is 14.9. The van der Waals surface area contributed by atoms with Gasteiger partial charge < -0.3 is 14.8 Å². The molecule has 1 heterocycles. The summed E-state index contributed by atoms with van der Waals surface area (Å²) in [4.78, 5) is 38.3. The molecule has 0 bridgehead atoms. The summed E-state index contributed by atoms with van der Waals surface area (Å²) in [5.41, 5.74) is 0.531. The normalized spacial score (nSPS) is 21.5. The van der Waals surface area contributed by atoms with E-state index in [4.69, 9.17) is 9.47 Å². The first-order valence-electron chi connectivity index (χ1n) is 8.56. The van der Waals surface area contributed by atoms with Crippen molar-refractivity contribution in [1.82, 2.24) is 4.90 Å². The molecule has 3 rings (SSSR count). The average Bonchev–Trinajstić information content (AvgIpc) is 2.90. The number of nitrogens with zero attached hydrogens (tertiary/aromatic N) is 1. The van der Waals surface area contributed by atoms with Crippen LogP contribution in [0.25, 0.3) is 0 Å². The maximum absolute atomic E-state index is 12.4. The Labute approximate surface area is 151 Å². The van der Waals surface area contributed by atoms with Crippen LogP contribution in [0, 0.1) is 11.8 Å². The molecule has 1 N–H and O–H groups in total. The van der Waals surface area contributed by atoms with Gasteiger partial charge in [0.15, 0.2) is 0 Å². The zero-order chi connectivity index (χ0) is 18.7. The number of rotatable bonds is 6. The quantitative estimate of drug-likeness (QED) is 0.621. The SMILES string of the molecule is COc1cc(NC(=O)CCN2C(=O)[C@@H]3CC=CC[C@H]3C2=O)cc(OC)c1. The van der Waals surface area contributed by atoms with Crippen LogP contribution in [-0.2, 0) is 14.4 Å². The van der Waals surface area contributed by atoms with Crippen molar-refractivity contribution in [3.05, 3.63) is 30.4 Å². The van der Waals surface area contributed by atoms with Crippen LogP contribution in [-0.4, -0.2) is 43.4 Å². The van der Waals surface area contributed by atoms with Crippen LogP contribution in [0.2, 0.25) is 0 Å². The number of allylic oxidation sites excluding steroid dienone is 2. The number of likely N-dealkylation sites (tertiary alicyclic amines) is 1. The number of amides is 3. The molecule has 7 nitrogen and oxygen atoms in total. The monoisotopic (exact) mass is 358 g/mol. The highest BCUT2D eigenvalue weighted by Crippen LogP contribution is 2.35. The molecule has 0 radical (unpaired) electrons. The van der Waals surface area contributed by atoms with E-state index in [0.29, 0.717) is 30.0 Å². The fourth-order valence-electron chi connectivity index (χ4n) is 3.41. The molecule has 1 aliphatic heterocycles. The van der Waals surface area contributed by atoms with Gasteiger partial charge in [0.1, 0.15) is 11.5 Å². The second kappa shape index (κ2) is 7.59. The highest BCUT2D eigenvalue weighted by Gasteiger charge is 2.46. The summed E-state index contributed by atoms with van der Waals surface area (Å²) < 4.78 is 10.3. The van der Waals surface area contributed by atoms with Crippen molar-refractivity contribution in [3.8, 4) is 11.5 Å². The Morgan fingerprint density at radius 1 is 1.04 bits per heavy atom. The van der Waals surface area contributed by atoms with Gasteiger partial charge in [-0.15, -0.1) is 0 Å². The largest absolute Gasteiger partial charge is 0.497 e. The Bertz CT molecular complexity index is 710. The van der Waals surface area contributed by atoms with E-state index in [0.717, 1.165) is 0 Å². The molecule has 7 heteroatoms. The van der Waals surface area contributed by atoms with Gasteiger partial charge in [0, 0.05) is 36.9 Å². The summed E-state index contributed by atoms with van der Waals surface area (Å²) in [6.07, 6.45) is 5.13. The van der Waals surface area contributed by atoms with E-state index in [-0.39, 0.29) is 42.5 Å². The van der Waals surface area contributed by atoms with Crippen molar-refractivity contribution in [3.63, 3.8) is 0 Å². The number of anilines is 1. The summed E-state index contributed by atoms with van der Waals surface area (Å²) in [6, 6.07) is 5.05. The molecule has 138 valence electrons. The summed E-state index contributed by atoms with van der Waals surface area (Å²) in [6.45, 7) is 0.0948. The fourth-order valence-corrected chi connectivity index (χ4v) is 3.41. The van der Waals surface area contributed by atoms with Gasteiger partial charge in [-0.1, -0.05) is 12.2 Å². The lowest BCUT2D eigenvalue weighted by molar-refractivity contribution is -0.140. The van der Waals surface area contributed by atoms with Gasteiger partial charge in [0.25, 0.3) is 0 Å². The van der Waals surface area contributed by atoms with Gasteiger partial charge in [-0.25, -0.2) is 0 Å². The predicted molar refractivity (Wildman–Crippen MR) is 94.9 cm³/mol. The lowest BCUT2D eigenvalue weighted by Gasteiger charge is -2.15. The number of carbonyl (C=O) groups is 3. The van der Waals surface area contributed by atoms with Crippen molar-refractivity contribution < 1.29 is 23.9 Å². The third-order valence-corrected chi connectivity index (χ3v) is 4.80. The van der Waals surface area contributed by atoms with Crippen LogP contribution in [0.5, 0.6) is 11.5 Å². The van der Waals surface area contributed by atoms with E-state index in [2.05, 4.69) is 5.32 Å². The van der Waals surface area contributed by atoms with E-state index < -0.39 is 0 Å². The summed E-state index contributed by atoms with van der Waals surface area (Å²) >= 11 is 0. The molecule has 1 aliphatic carbocycles. The summed E-state index contributed by atoms with van der Waals surface area (Å²) in [5, 5.41) is 2.75. The Morgan fingerprint density at radius 3 is 2.08 bits per heavy atom. The highest BCUT2D eigenvalue weighted by atomic mass is 16.5. The second-order valence-corrected chi connectivity index (χ2v) is 6.38. The van der Waals surface area contributed by atoms with E-state index in [9.17, 15) is 14.4 Å². The predicted octanol–water partition coefficient (Wildman–Crippen LogP) is 1.98. The molecule has 2 atom stereocenters. The lowest BCUT2D eigenvalue weighted by atomic mass is 9.85. The zero-order valence-corrected chi connectivity index (χ0v) is 14.9. The van der Waals surface area contributed by atoms with Crippen molar-refractivity contribution >= 4 is 23.4 Å². The van der Waals surface area contributed by atoms with Gasteiger partial charge in [-0.3, -0.25) is 19.3 Å². The minimum Gasteiger partial charge on any atom is -0.497 e. The molecule has 0 saturated carbocycles. The third-order valence-electron chi connectivity index (χ3n) is 4.80. The van der Waals surface area contributed by atoms with E-state index in [1.54, 1.807) is 18.2 Å². The van der Waals surface area contributed by atoms with Gasteiger partial charge in [-0.2, -0.15) is 0 Å². The number of carbonyl (C=O) groups excluding carboxylic acids is 3. The summed E-state index contributed by atoms with van der Waals surface area (Å²) in [5.74, 6) is -0.0343. The van der Waals surface area contributed by atoms with Gasteiger partial charge in [-0.05, 0) is 12.8 Å². The number of fused-ring (bicyclic) bond motifs is 1. The molecule has 1 fully saturated rings. The van der Waals surface area contributed by atoms with E-state index in [1.807, 2.05) is 12.2 Å². The molecular formula is C19H22N2O5. The first-order valence-corrected chi connectivity index (χ1v) is 8.56. The molecule has 1 aromatic rings. The molecule has 1 aromatic carbocycles. The van der Waals surface area contributed by atoms with Crippen LogP contribution >= 0.6 is 0 Å². The second-order valence-electron chi connectivity index (χ2n) is 6.38. The molecular weight excluding hydrogens is 336 g/mol. The Kier molecular flexibility index (Phi) is 5.25. The molecule has 0 aromatic heterocycles. The van der Waals surface area contributed by atoms with Crippen LogP contribution in [0.3, 0.4) is 0 Å². The van der Waals surface area contributed by atoms with Gasteiger partial charge >= 0.3 is 0 Å². The topological polar surface area (TPSA) is 84.9 Å². The molecule has 2 aliphatic rings. The Morgan fingerprint density at radius 2 is 1.58 bits per heavy atom. The maximum atomic E-state index is 12.4. The van der Waals surface area contributed by atoms with Crippen LogP contribution in [0.1, 0.15) is 19.3 Å². The minimum absolute atomic E-state index is 0.0455. The Hall–Kier alpha value is -2.83. The smallest absolute Gasteiger partial charge is 0.233 e. The third kappa shape index (κ3) is 3.56.